The highest BCUT2D eigenvalue weighted by molar-refractivity contribution is 7.89. The molecular weight excluding hydrogens is 318 g/mol. The van der Waals surface area contributed by atoms with Gasteiger partial charge in [-0.1, -0.05) is 35.2 Å². The van der Waals surface area contributed by atoms with E-state index in [4.69, 9.17) is 14.0 Å². The smallest absolute Gasteiger partial charge is 0.295 e. The summed E-state index contributed by atoms with van der Waals surface area (Å²) < 4.78 is 34.7. The summed E-state index contributed by atoms with van der Waals surface area (Å²) in [5, 5.41) is 0.525. The number of hydrogen-bond donors (Lipinski definition) is 1. The van der Waals surface area contributed by atoms with Gasteiger partial charge in [-0.2, -0.15) is 0 Å². The van der Waals surface area contributed by atoms with E-state index in [1.807, 2.05) is 6.07 Å². The Labute approximate surface area is 133 Å². The SMILES string of the molecule is COc1ccc(CONS(=O)(=O)c2cc3ccccc3o2)cc1. The van der Waals surface area contributed by atoms with Gasteiger partial charge < -0.3 is 9.15 Å². The van der Waals surface area contributed by atoms with Gasteiger partial charge in [-0.3, -0.25) is 4.84 Å². The molecule has 6 nitrogen and oxygen atoms in total. The van der Waals surface area contributed by atoms with E-state index in [9.17, 15) is 8.42 Å². The quantitative estimate of drug-likeness (QED) is 0.702. The van der Waals surface area contributed by atoms with Crippen molar-refractivity contribution >= 4 is 21.0 Å². The van der Waals surface area contributed by atoms with Crippen LogP contribution in [0.2, 0.25) is 0 Å². The molecule has 0 saturated heterocycles. The van der Waals surface area contributed by atoms with Crippen molar-refractivity contribution in [3.63, 3.8) is 0 Å². The Kier molecular flexibility index (Phi) is 4.33. The highest BCUT2D eigenvalue weighted by Crippen LogP contribution is 2.22. The first-order valence-corrected chi connectivity index (χ1v) is 8.32. The largest absolute Gasteiger partial charge is 0.497 e. The Bertz CT molecular complexity index is 867. The van der Waals surface area contributed by atoms with Crippen molar-refractivity contribution in [3.05, 3.63) is 60.2 Å². The normalized spacial score (nSPS) is 11.7. The van der Waals surface area contributed by atoms with E-state index < -0.39 is 10.0 Å². The lowest BCUT2D eigenvalue weighted by Crippen LogP contribution is -2.23. The minimum absolute atomic E-state index is 0.0868. The number of furan rings is 1. The number of benzene rings is 2. The fourth-order valence-electron chi connectivity index (χ4n) is 2.04. The summed E-state index contributed by atoms with van der Waals surface area (Å²) in [5.74, 6) is 0.719. The van der Waals surface area contributed by atoms with E-state index in [0.29, 0.717) is 11.0 Å². The van der Waals surface area contributed by atoms with Gasteiger partial charge >= 0.3 is 0 Å². The zero-order chi connectivity index (χ0) is 16.3. The number of ether oxygens (including phenoxy) is 1. The number of hydrogen-bond acceptors (Lipinski definition) is 5. The Hall–Kier alpha value is -2.35. The maximum absolute atomic E-state index is 12.1. The minimum Gasteiger partial charge on any atom is -0.497 e. The Morgan fingerprint density at radius 1 is 1.09 bits per heavy atom. The molecule has 2 aromatic carbocycles. The van der Waals surface area contributed by atoms with E-state index in [1.165, 1.54) is 6.07 Å². The molecule has 0 saturated carbocycles. The van der Waals surface area contributed by atoms with Crippen molar-refractivity contribution in [1.29, 1.82) is 0 Å². The second-order valence-corrected chi connectivity index (χ2v) is 6.40. The first-order chi connectivity index (χ1) is 11.1. The van der Waals surface area contributed by atoms with E-state index in [1.54, 1.807) is 49.6 Å². The van der Waals surface area contributed by atoms with Gasteiger partial charge in [0.25, 0.3) is 10.0 Å². The number of para-hydroxylation sites is 1. The van der Waals surface area contributed by atoms with Crippen LogP contribution in [0.5, 0.6) is 5.75 Å². The summed E-state index contributed by atoms with van der Waals surface area (Å²) >= 11 is 0. The molecule has 3 rings (SSSR count). The molecule has 1 N–H and O–H groups in total. The summed E-state index contributed by atoms with van der Waals surface area (Å²) in [6.45, 7) is 0.0868. The van der Waals surface area contributed by atoms with E-state index in [-0.39, 0.29) is 11.7 Å². The topological polar surface area (TPSA) is 77.8 Å². The van der Waals surface area contributed by atoms with Crippen LogP contribution < -0.4 is 9.62 Å². The summed E-state index contributed by atoms with van der Waals surface area (Å²) in [6, 6.07) is 15.6. The average Bonchev–Trinajstić information content (AvgIpc) is 3.00. The molecule has 0 spiro atoms. The number of rotatable bonds is 6. The molecule has 0 unspecified atom stereocenters. The Morgan fingerprint density at radius 2 is 1.83 bits per heavy atom. The van der Waals surface area contributed by atoms with E-state index in [0.717, 1.165) is 11.3 Å². The zero-order valence-corrected chi connectivity index (χ0v) is 13.2. The van der Waals surface area contributed by atoms with Crippen LogP contribution in [-0.2, 0) is 21.5 Å². The van der Waals surface area contributed by atoms with Crippen molar-refractivity contribution < 1.29 is 22.4 Å². The van der Waals surface area contributed by atoms with Gasteiger partial charge in [0.15, 0.2) is 0 Å². The fraction of sp³-hybridized carbons (Fsp3) is 0.125. The minimum atomic E-state index is -3.87. The lowest BCUT2D eigenvalue weighted by molar-refractivity contribution is 0.0785. The van der Waals surface area contributed by atoms with E-state index in [2.05, 4.69) is 4.89 Å². The predicted molar refractivity (Wildman–Crippen MR) is 84.3 cm³/mol. The summed E-state index contributed by atoms with van der Waals surface area (Å²) in [7, 11) is -2.29. The Balaban J connectivity index is 1.66. The maximum atomic E-state index is 12.1. The van der Waals surface area contributed by atoms with Gasteiger partial charge in [0.05, 0.1) is 13.7 Å². The van der Waals surface area contributed by atoms with Gasteiger partial charge in [-0.05, 0) is 23.8 Å². The van der Waals surface area contributed by atoms with Crippen molar-refractivity contribution in [3.8, 4) is 5.75 Å². The first-order valence-electron chi connectivity index (χ1n) is 6.83. The van der Waals surface area contributed by atoms with Gasteiger partial charge in [0.2, 0.25) is 5.09 Å². The van der Waals surface area contributed by atoms with Crippen LogP contribution in [0.1, 0.15) is 5.56 Å². The molecule has 7 heteroatoms. The van der Waals surface area contributed by atoms with Crippen molar-refractivity contribution in [2.45, 2.75) is 11.7 Å². The zero-order valence-electron chi connectivity index (χ0n) is 12.4. The Morgan fingerprint density at radius 3 is 2.52 bits per heavy atom. The molecule has 120 valence electrons. The number of sulfonamides is 1. The monoisotopic (exact) mass is 333 g/mol. The van der Waals surface area contributed by atoms with E-state index >= 15 is 0 Å². The van der Waals surface area contributed by atoms with Crippen LogP contribution in [0.3, 0.4) is 0 Å². The van der Waals surface area contributed by atoms with Crippen LogP contribution in [0, 0.1) is 0 Å². The number of nitrogens with one attached hydrogen (secondary N) is 1. The first kappa shape index (κ1) is 15.5. The standard InChI is InChI=1S/C16H15NO5S/c1-20-14-8-6-12(7-9-14)11-21-17-23(18,19)16-10-13-4-2-3-5-15(13)22-16/h2-10,17H,11H2,1H3. The molecule has 23 heavy (non-hydrogen) atoms. The summed E-state index contributed by atoms with van der Waals surface area (Å²) in [6.07, 6.45) is 0. The lowest BCUT2D eigenvalue weighted by atomic mass is 10.2. The molecule has 1 heterocycles. The third kappa shape index (κ3) is 3.53. The maximum Gasteiger partial charge on any atom is 0.295 e. The fourth-order valence-corrected chi connectivity index (χ4v) is 2.82. The molecule has 0 atom stereocenters. The molecule has 0 amide bonds. The second kappa shape index (κ2) is 6.41. The summed E-state index contributed by atoms with van der Waals surface area (Å²) in [5.41, 5.74) is 1.31. The highest BCUT2D eigenvalue weighted by Gasteiger charge is 2.19. The molecule has 0 fully saturated rings. The van der Waals surface area contributed by atoms with Crippen LogP contribution in [0.15, 0.2) is 64.1 Å². The third-order valence-electron chi connectivity index (χ3n) is 3.23. The van der Waals surface area contributed by atoms with Crippen LogP contribution in [-0.4, -0.2) is 15.5 Å². The van der Waals surface area contributed by atoms with Crippen molar-refractivity contribution in [2.24, 2.45) is 0 Å². The third-order valence-corrected chi connectivity index (χ3v) is 4.30. The average molecular weight is 333 g/mol. The van der Waals surface area contributed by atoms with Gasteiger partial charge in [-0.15, -0.1) is 0 Å². The number of fused-ring (bicyclic) bond motifs is 1. The summed E-state index contributed by atoms with van der Waals surface area (Å²) in [4.78, 5) is 7.13. The molecular formula is C16H15NO5S. The van der Waals surface area contributed by atoms with Crippen LogP contribution in [0.4, 0.5) is 0 Å². The van der Waals surface area contributed by atoms with Crippen molar-refractivity contribution in [2.75, 3.05) is 7.11 Å². The highest BCUT2D eigenvalue weighted by atomic mass is 32.2. The molecule has 0 aliphatic heterocycles. The molecule has 1 aromatic heterocycles. The van der Waals surface area contributed by atoms with Gasteiger partial charge in [0.1, 0.15) is 11.3 Å². The predicted octanol–water partition coefficient (Wildman–Crippen LogP) is 2.85. The van der Waals surface area contributed by atoms with Gasteiger partial charge in [0, 0.05) is 11.5 Å². The van der Waals surface area contributed by atoms with Crippen LogP contribution in [0.25, 0.3) is 11.0 Å². The molecule has 0 radical (unpaired) electrons. The lowest BCUT2D eigenvalue weighted by Gasteiger charge is -2.06. The van der Waals surface area contributed by atoms with Crippen LogP contribution >= 0.6 is 0 Å². The van der Waals surface area contributed by atoms with Crippen molar-refractivity contribution in [1.82, 2.24) is 4.89 Å². The molecule has 0 aliphatic carbocycles. The number of methoxy groups -OCH3 is 1. The molecule has 3 aromatic rings. The van der Waals surface area contributed by atoms with Gasteiger partial charge in [-0.25, -0.2) is 8.42 Å². The molecule has 0 aliphatic rings. The molecule has 0 bridgehead atoms. The second-order valence-electron chi connectivity index (χ2n) is 4.83.